The van der Waals surface area contributed by atoms with Crippen LogP contribution in [-0.4, -0.2) is 11.7 Å². The van der Waals surface area contributed by atoms with Crippen molar-refractivity contribution in [1.29, 1.82) is 0 Å². The van der Waals surface area contributed by atoms with Gasteiger partial charge in [0, 0.05) is 23.0 Å². The van der Waals surface area contributed by atoms with E-state index in [1.807, 2.05) is 24.3 Å². The molecule has 1 aromatic heterocycles. The average molecular weight is 282 g/mol. The molecule has 1 unspecified atom stereocenters. The van der Waals surface area contributed by atoms with Crippen LogP contribution in [0.1, 0.15) is 23.4 Å². The maximum absolute atomic E-state index is 9.75. The predicted octanol–water partition coefficient (Wildman–Crippen LogP) is 4.00. The van der Waals surface area contributed by atoms with Gasteiger partial charge in [-0.1, -0.05) is 29.8 Å². The van der Waals surface area contributed by atoms with E-state index in [9.17, 15) is 5.11 Å². The first-order valence-corrected chi connectivity index (χ1v) is 7.12. The van der Waals surface area contributed by atoms with Gasteiger partial charge in [-0.3, -0.25) is 0 Å². The number of thiophene rings is 1. The van der Waals surface area contributed by atoms with Gasteiger partial charge in [0.05, 0.1) is 4.34 Å². The molecular weight excluding hydrogens is 266 g/mol. The highest BCUT2D eigenvalue weighted by Crippen LogP contribution is 2.24. The summed E-state index contributed by atoms with van der Waals surface area (Å²) in [5.74, 6) is 0.344. The third-order valence-corrected chi connectivity index (χ3v) is 4.14. The van der Waals surface area contributed by atoms with E-state index in [0.717, 1.165) is 22.9 Å². The van der Waals surface area contributed by atoms with Crippen molar-refractivity contribution < 1.29 is 5.11 Å². The maximum Gasteiger partial charge on any atom is 0.120 e. The maximum atomic E-state index is 9.75. The first kappa shape index (κ1) is 13.4. The first-order valence-electron chi connectivity index (χ1n) is 5.92. The Morgan fingerprint density at radius 1 is 1.28 bits per heavy atom. The van der Waals surface area contributed by atoms with Crippen molar-refractivity contribution in [3.8, 4) is 5.75 Å². The second kappa shape index (κ2) is 6.23. The number of para-hydroxylation sites is 1. The van der Waals surface area contributed by atoms with Crippen molar-refractivity contribution in [2.75, 3.05) is 6.54 Å². The Bertz CT molecular complexity index is 512. The lowest BCUT2D eigenvalue weighted by molar-refractivity contribution is 0.453. The standard InChI is InChI=1S/C14H16ClNOS/c1-10(12-4-2-3-5-13(12)17)16-9-8-11-6-7-14(15)18-11/h2-7,10,16-17H,8-9H2,1H3. The smallest absolute Gasteiger partial charge is 0.120 e. The van der Waals surface area contributed by atoms with E-state index in [4.69, 9.17) is 11.6 Å². The topological polar surface area (TPSA) is 32.3 Å². The third-order valence-electron chi connectivity index (χ3n) is 2.85. The summed E-state index contributed by atoms with van der Waals surface area (Å²) < 4.78 is 0.832. The molecule has 2 aromatic rings. The van der Waals surface area contributed by atoms with Crippen molar-refractivity contribution in [3.63, 3.8) is 0 Å². The van der Waals surface area contributed by atoms with Gasteiger partial charge in [0.15, 0.2) is 0 Å². The van der Waals surface area contributed by atoms with Gasteiger partial charge in [-0.15, -0.1) is 11.3 Å². The summed E-state index contributed by atoms with van der Waals surface area (Å²) in [6.07, 6.45) is 0.954. The molecule has 2 nitrogen and oxygen atoms in total. The average Bonchev–Trinajstić information content (AvgIpc) is 2.75. The van der Waals surface area contributed by atoms with E-state index >= 15 is 0 Å². The minimum atomic E-state index is 0.140. The van der Waals surface area contributed by atoms with Crippen LogP contribution in [0.25, 0.3) is 0 Å². The summed E-state index contributed by atoms with van der Waals surface area (Å²) >= 11 is 7.50. The van der Waals surface area contributed by atoms with Crippen molar-refractivity contribution in [2.24, 2.45) is 0 Å². The quantitative estimate of drug-likeness (QED) is 0.868. The summed E-state index contributed by atoms with van der Waals surface area (Å²) in [4.78, 5) is 1.27. The molecule has 1 heterocycles. The summed E-state index contributed by atoms with van der Waals surface area (Å²) in [5.41, 5.74) is 0.932. The Morgan fingerprint density at radius 3 is 2.72 bits per heavy atom. The summed E-state index contributed by atoms with van der Waals surface area (Å²) in [7, 11) is 0. The Balaban J connectivity index is 1.85. The molecule has 0 bridgehead atoms. The van der Waals surface area contributed by atoms with Gasteiger partial charge in [-0.25, -0.2) is 0 Å². The molecule has 2 rings (SSSR count). The van der Waals surface area contributed by atoms with Gasteiger partial charge >= 0.3 is 0 Å². The molecule has 1 aromatic carbocycles. The Labute approximate surface area is 116 Å². The van der Waals surface area contributed by atoms with E-state index < -0.39 is 0 Å². The number of hydrogen-bond acceptors (Lipinski definition) is 3. The molecule has 0 saturated carbocycles. The van der Waals surface area contributed by atoms with E-state index in [1.54, 1.807) is 17.4 Å². The lowest BCUT2D eigenvalue weighted by Crippen LogP contribution is -2.21. The highest BCUT2D eigenvalue weighted by molar-refractivity contribution is 7.16. The predicted molar refractivity (Wildman–Crippen MR) is 77.6 cm³/mol. The SMILES string of the molecule is CC(NCCc1ccc(Cl)s1)c1ccccc1O. The molecule has 18 heavy (non-hydrogen) atoms. The lowest BCUT2D eigenvalue weighted by Gasteiger charge is -2.15. The lowest BCUT2D eigenvalue weighted by atomic mass is 10.1. The van der Waals surface area contributed by atoms with Crippen molar-refractivity contribution in [3.05, 3.63) is 51.2 Å². The zero-order valence-corrected chi connectivity index (χ0v) is 11.8. The van der Waals surface area contributed by atoms with E-state index in [2.05, 4.69) is 18.3 Å². The molecule has 0 radical (unpaired) electrons. The summed E-state index contributed by atoms with van der Waals surface area (Å²) in [6.45, 7) is 2.92. The Morgan fingerprint density at radius 2 is 2.06 bits per heavy atom. The minimum Gasteiger partial charge on any atom is -0.508 e. The first-order chi connectivity index (χ1) is 8.66. The number of aromatic hydroxyl groups is 1. The highest BCUT2D eigenvalue weighted by Gasteiger charge is 2.08. The second-order valence-electron chi connectivity index (χ2n) is 4.19. The molecule has 0 fully saturated rings. The van der Waals surface area contributed by atoms with Crippen LogP contribution in [0, 0.1) is 0 Å². The molecule has 0 aliphatic heterocycles. The van der Waals surface area contributed by atoms with Crippen LogP contribution < -0.4 is 5.32 Å². The number of phenolic OH excluding ortho intramolecular Hbond substituents is 1. The molecule has 0 saturated heterocycles. The minimum absolute atomic E-state index is 0.140. The van der Waals surface area contributed by atoms with E-state index in [0.29, 0.717) is 5.75 Å². The van der Waals surface area contributed by atoms with Gasteiger partial charge in [0.25, 0.3) is 0 Å². The van der Waals surface area contributed by atoms with Crippen molar-refractivity contribution in [1.82, 2.24) is 5.32 Å². The number of benzene rings is 1. The monoisotopic (exact) mass is 281 g/mol. The van der Waals surface area contributed by atoms with Gasteiger partial charge in [-0.05, 0) is 31.5 Å². The fourth-order valence-corrected chi connectivity index (χ4v) is 2.95. The number of phenols is 1. The van der Waals surface area contributed by atoms with Crippen LogP contribution >= 0.6 is 22.9 Å². The number of nitrogens with one attached hydrogen (secondary N) is 1. The van der Waals surface area contributed by atoms with Crippen molar-refractivity contribution in [2.45, 2.75) is 19.4 Å². The third kappa shape index (κ3) is 3.48. The number of rotatable bonds is 5. The second-order valence-corrected chi connectivity index (χ2v) is 5.99. The van der Waals surface area contributed by atoms with E-state index in [1.165, 1.54) is 4.88 Å². The largest absolute Gasteiger partial charge is 0.508 e. The number of halogens is 1. The highest BCUT2D eigenvalue weighted by atomic mass is 35.5. The fourth-order valence-electron chi connectivity index (χ4n) is 1.86. The molecule has 0 aliphatic rings. The van der Waals surface area contributed by atoms with Crippen LogP contribution in [-0.2, 0) is 6.42 Å². The Kier molecular flexibility index (Phi) is 4.64. The molecule has 0 aliphatic carbocycles. The summed E-state index contributed by atoms with van der Waals surface area (Å²) in [6, 6.07) is 11.5. The molecule has 2 N–H and O–H groups in total. The molecule has 1 atom stereocenters. The van der Waals surface area contributed by atoms with Gasteiger partial charge in [-0.2, -0.15) is 0 Å². The van der Waals surface area contributed by atoms with Gasteiger partial charge < -0.3 is 10.4 Å². The van der Waals surface area contributed by atoms with Crippen LogP contribution in [0.5, 0.6) is 5.75 Å². The van der Waals surface area contributed by atoms with Crippen LogP contribution in [0.2, 0.25) is 4.34 Å². The number of hydrogen-bond donors (Lipinski definition) is 2. The summed E-state index contributed by atoms with van der Waals surface area (Å²) in [5, 5.41) is 13.1. The normalized spacial score (nSPS) is 12.6. The molecule has 96 valence electrons. The molecule has 0 spiro atoms. The molecular formula is C14H16ClNOS. The van der Waals surface area contributed by atoms with Crippen LogP contribution in [0.15, 0.2) is 36.4 Å². The fraction of sp³-hybridized carbons (Fsp3) is 0.286. The molecule has 0 amide bonds. The van der Waals surface area contributed by atoms with Gasteiger partial charge in [0.1, 0.15) is 5.75 Å². The zero-order valence-electron chi connectivity index (χ0n) is 10.2. The van der Waals surface area contributed by atoms with Crippen molar-refractivity contribution >= 4 is 22.9 Å². The zero-order chi connectivity index (χ0) is 13.0. The Hall–Kier alpha value is -1.03. The van der Waals surface area contributed by atoms with Crippen LogP contribution in [0.4, 0.5) is 0 Å². The van der Waals surface area contributed by atoms with Gasteiger partial charge in [0.2, 0.25) is 0 Å². The van der Waals surface area contributed by atoms with E-state index in [-0.39, 0.29) is 6.04 Å². The van der Waals surface area contributed by atoms with Crippen LogP contribution in [0.3, 0.4) is 0 Å². The molecule has 4 heteroatoms.